The number of halogens is 1. The van der Waals surface area contributed by atoms with Gasteiger partial charge in [0.1, 0.15) is 10.5 Å². The number of hydrogen-bond donors (Lipinski definition) is 0. The summed E-state index contributed by atoms with van der Waals surface area (Å²) in [5.41, 5.74) is 6.56. The molecule has 33 heavy (non-hydrogen) atoms. The van der Waals surface area contributed by atoms with Crippen molar-refractivity contribution in [3.63, 3.8) is 0 Å². The van der Waals surface area contributed by atoms with Crippen molar-refractivity contribution in [1.29, 1.82) is 0 Å². The number of methoxy groups -OCH3 is 1. The first kappa shape index (κ1) is 20.4. The number of aromatic nitrogens is 5. The fraction of sp³-hybridized carbons (Fsp3) is 0.360. The zero-order valence-electron chi connectivity index (χ0n) is 18.8. The summed E-state index contributed by atoms with van der Waals surface area (Å²) in [6.07, 6.45) is 9.94. The number of piperidine rings is 1. The summed E-state index contributed by atoms with van der Waals surface area (Å²) < 4.78 is 7.27. The van der Waals surface area contributed by atoms with Crippen LogP contribution in [0.3, 0.4) is 0 Å². The molecule has 1 aliphatic heterocycles. The Hall–Kier alpha value is -3.19. The first-order valence-electron chi connectivity index (χ1n) is 11.3. The van der Waals surface area contributed by atoms with E-state index in [1.165, 1.54) is 11.3 Å². The van der Waals surface area contributed by atoms with Gasteiger partial charge in [-0.1, -0.05) is 17.7 Å². The van der Waals surface area contributed by atoms with Gasteiger partial charge in [-0.25, -0.2) is 14.5 Å². The average molecular weight is 461 g/mol. The number of ether oxygens (including phenoxy) is 1. The predicted octanol–water partition coefficient (Wildman–Crippen LogP) is 4.54. The van der Waals surface area contributed by atoms with Crippen LogP contribution in [0.1, 0.15) is 29.8 Å². The van der Waals surface area contributed by atoms with Crippen molar-refractivity contribution in [3.8, 4) is 17.1 Å². The number of pyridine rings is 2. The highest BCUT2D eigenvalue weighted by molar-refractivity contribution is 6.34. The molecule has 0 amide bonds. The molecule has 2 aliphatic rings. The Kier molecular flexibility index (Phi) is 4.76. The Morgan fingerprint density at radius 3 is 2.67 bits per heavy atom. The van der Waals surface area contributed by atoms with E-state index in [1.807, 2.05) is 36.0 Å². The molecular weight excluding hydrogens is 436 g/mol. The summed E-state index contributed by atoms with van der Waals surface area (Å²) in [5.74, 6) is 1.38. The predicted molar refractivity (Wildman–Crippen MR) is 128 cm³/mol. The van der Waals surface area contributed by atoms with Gasteiger partial charge in [0.15, 0.2) is 5.82 Å². The number of fused-ring (bicyclic) bond motifs is 2. The molecule has 0 N–H and O–H groups in total. The van der Waals surface area contributed by atoms with Crippen molar-refractivity contribution in [2.75, 3.05) is 25.1 Å². The summed E-state index contributed by atoms with van der Waals surface area (Å²) >= 11 is 6.61. The standard InChI is InChI=1S/C25H25ClN6O/c1-16-22(18-5-10-28-24(33-2)21(18)26)32-20(6-11-29-32)23(30-16)31-12-7-25(8-13-31)14-17-4-3-9-27-19(17)15-25/h3-6,9-11H,7-8,12-15H2,1-2H3. The fourth-order valence-electron chi connectivity index (χ4n) is 5.52. The molecule has 4 aromatic heterocycles. The lowest BCUT2D eigenvalue weighted by Gasteiger charge is -2.40. The summed E-state index contributed by atoms with van der Waals surface area (Å²) in [7, 11) is 1.57. The normalized spacial score (nSPS) is 17.0. The van der Waals surface area contributed by atoms with Gasteiger partial charge in [0.25, 0.3) is 0 Å². The lowest BCUT2D eigenvalue weighted by molar-refractivity contribution is 0.231. The zero-order chi connectivity index (χ0) is 22.6. The average Bonchev–Trinajstić information content (AvgIpc) is 3.44. The molecule has 168 valence electrons. The van der Waals surface area contributed by atoms with Gasteiger partial charge in [-0.3, -0.25) is 4.98 Å². The Bertz CT molecular complexity index is 1330. The first-order valence-corrected chi connectivity index (χ1v) is 11.7. The molecule has 1 saturated heterocycles. The van der Waals surface area contributed by atoms with Gasteiger partial charge in [-0.05, 0) is 61.8 Å². The van der Waals surface area contributed by atoms with Crippen LogP contribution in [0, 0.1) is 12.3 Å². The van der Waals surface area contributed by atoms with Crippen LogP contribution in [0.15, 0.2) is 42.9 Å². The van der Waals surface area contributed by atoms with E-state index in [1.54, 1.807) is 13.3 Å². The van der Waals surface area contributed by atoms with Crippen LogP contribution >= 0.6 is 11.6 Å². The lowest BCUT2D eigenvalue weighted by atomic mass is 9.76. The van der Waals surface area contributed by atoms with Crippen LogP contribution < -0.4 is 9.64 Å². The minimum Gasteiger partial charge on any atom is -0.480 e. The van der Waals surface area contributed by atoms with E-state index in [0.717, 1.165) is 67.1 Å². The summed E-state index contributed by atoms with van der Waals surface area (Å²) in [6, 6.07) is 8.20. The maximum absolute atomic E-state index is 6.61. The molecule has 4 aromatic rings. The van der Waals surface area contributed by atoms with Crippen LogP contribution in [0.25, 0.3) is 16.8 Å². The number of anilines is 1. The molecule has 0 radical (unpaired) electrons. The van der Waals surface area contributed by atoms with Gasteiger partial charge < -0.3 is 9.64 Å². The molecule has 1 fully saturated rings. The van der Waals surface area contributed by atoms with Crippen LogP contribution in [0.4, 0.5) is 5.82 Å². The van der Waals surface area contributed by atoms with Crippen LogP contribution in [-0.4, -0.2) is 44.8 Å². The van der Waals surface area contributed by atoms with E-state index in [9.17, 15) is 0 Å². The number of nitrogens with zero attached hydrogens (tertiary/aromatic N) is 6. The molecule has 0 unspecified atom stereocenters. The van der Waals surface area contributed by atoms with Gasteiger partial charge in [-0.2, -0.15) is 5.10 Å². The molecule has 7 nitrogen and oxygen atoms in total. The summed E-state index contributed by atoms with van der Waals surface area (Å²) in [4.78, 5) is 16.3. The maximum atomic E-state index is 6.61. The molecule has 1 aliphatic carbocycles. The molecule has 0 atom stereocenters. The Morgan fingerprint density at radius 1 is 1.03 bits per heavy atom. The fourth-order valence-corrected chi connectivity index (χ4v) is 5.80. The van der Waals surface area contributed by atoms with Gasteiger partial charge in [0.05, 0.1) is 24.7 Å². The smallest absolute Gasteiger partial charge is 0.232 e. The van der Waals surface area contributed by atoms with Gasteiger partial charge >= 0.3 is 0 Å². The van der Waals surface area contributed by atoms with Crippen LogP contribution in [0.5, 0.6) is 5.88 Å². The Balaban J connectivity index is 1.33. The molecule has 0 bridgehead atoms. The monoisotopic (exact) mass is 460 g/mol. The van der Waals surface area contributed by atoms with E-state index in [-0.39, 0.29) is 0 Å². The zero-order valence-corrected chi connectivity index (χ0v) is 19.5. The molecule has 0 saturated carbocycles. The van der Waals surface area contributed by atoms with Crippen LogP contribution in [0.2, 0.25) is 5.02 Å². The van der Waals surface area contributed by atoms with Crippen molar-refractivity contribution in [2.24, 2.45) is 5.41 Å². The van der Waals surface area contributed by atoms with Crippen molar-refractivity contribution in [2.45, 2.75) is 32.6 Å². The molecule has 8 heteroatoms. The minimum absolute atomic E-state index is 0.333. The highest BCUT2D eigenvalue weighted by Gasteiger charge is 2.41. The minimum atomic E-state index is 0.333. The lowest BCUT2D eigenvalue weighted by Crippen LogP contribution is -2.41. The molecule has 0 aromatic carbocycles. The molecule has 1 spiro atoms. The maximum Gasteiger partial charge on any atom is 0.232 e. The Labute approximate surface area is 197 Å². The second-order valence-electron chi connectivity index (χ2n) is 9.13. The van der Waals surface area contributed by atoms with Crippen molar-refractivity contribution in [3.05, 3.63) is 64.8 Å². The van der Waals surface area contributed by atoms with Crippen molar-refractivity contribution < 1.29 is 4.74 Å². The Morgan fingerprint density at radius 2 is 1.88 bits per heavy atom. The van der Waals surface area contributed by atoms with E-state index < -0.39 is 0 Å². The summed E-state index contributed by atoms with van der Waals surface area (Å²) in [6.45, 7) is 3.96. The largest absolute Gasteiger partial charge is 0.480 e. The van der Waals surface area contributed by atoms with E-state index in [4.69, 9.17) is 21.3 Å². The highest BCUT2D eigenvalue weighted by Crippen LogP contribution is 2.45. The van der Waals surface area contributed by atoms with Gasteiger partial charge in [-0.15, -0.1) is 0 Å². The topological polar surface area (TPSA) is 68.4 Å². The third-order valence-electron chi connectivity index (χ3n) is 7.22. The number of hydrogen-bond acceptors (Lipinski definition) is 6. The molecular formula is C25H25ClN6O. The van der Waals surface area contributed by atoms with Crippen molar-refractivity contribution >= 4 is 22.9 Å². The quantitative estimate of drug-likeness (QED) is 0.447. The van der Waals surface area contributed by atoms with E-state index in [2.05, 4.69) is 32.1 Å². The third-order valence-corrected chi connectivity index (χ3v) is 7.59. The van der Waals surface area contributed by atoms with Gasteiger partial charge in [0.2, 0.25) is 5.88 Å². The number of rotatable bonds is 3. The highest BCUT2D eigenvalue weighted by atomic mass is 35.5. The SMILES string of the molecule is COc1nccc(-c2c(C)nc(N3CCC4(CC3)Cc3cccnc3C4)c3ccnn23)c1Cl. The second-order valence-corrected chi connectivity index (χ2v) is 9.51. The molecule has 5 heterocycles. The van der Waals surface area contributed by atoms with Gasteiger partial charge in [0, 0.05) is 36.7 Å². The second kappa shape index (κ2) is 7.70. The number of aryl methyl sites for hydroxylation is 1. The molecule has 6 rings (SSSR count). The first-order chi connectivity index (χ1) is 16.1. The van der Waals surface area contributed by atoms with Crippen LogP contribution in [-0.2, 0) is 12.8 Å². The summed E-state index contributed by atoms with van der Waals surface area (Å²) in [5, 5.41) is 5.09. The third kappa shape index (κ3) is 3.25. The van der Waals surface area contributed by atoms with E-state index >= 15 is 0 Å². The van der Waals surface area contributed by atoms with E-state index in [0.29, 0.717) is 16.3 Å². The van der Waals surface area contributed by atoms with Crippen molar-refractivity contribution in [1.82, 2.24) is 24.6 Å².